The van der Waals surface area contributed by atoms with Crippen LogP contribution in [0.15, 0.2) is 54.1 Å². The van der Waals surface area contributed by atoms with Gasteiger partial charge in [0.2, 0.25) is 0 Å². The second-order valence-corrected chi connectivity index (χ2v) is 5.11. The molecule has 0 atom stereocenters. The number of benzene rings is 2. The highest BCUT2D eigenvalue weighted by Gasteiger charge is 2.30. The first-order chi connectivity index (χ1) is 11.3. The fourth-order valence-corrected chi connectivity index (χ4v) is 1.96. The summed E-state index contributed by atoms with van der Waals surface area (Å²) in [6.07, 6.45) is -3.36. The van der Waals surface area contributed by atoms with Crippen LogP contribution in [0.25, 0.3) is 6.08 Å². The normalized spacial score (nSPS) is 11.7. The van der Waals surface area contributed by atoms with Crippen molar-refractivity contribution in [2.75, 3.05) is 5.32 Å². The van der Waals surface area contributed by atoms with Crippen LogP contribution in [0.1, 0.15) is 16.7 Å². The third-order valence-corrected chi connectivity index (χ3v) is 3.20. The monoisotopic (exact) mass is 330 g/mol. The molecule has 24 heavy (non-hydrogen) atoms. The number of alkyl halides is 3. The van der Waals surface area contributed by atoms with Gasteiger partial charge in [-0.2, -0.15) is 18.4 Å². The van der Waals surface area contributed by atoms with E-state index in [0.29, 0.717) is 5.69 Å². The van der Waals surface area contributed by atoms with Crippen molar-refractivity contribution in [2.24, 2.45) is 0 Å². The Bertz CT molecular complexity index is 815. The van der Waals surface area contributed by atoms with Crippen LogP contribution in [0.4, 0.5) is 18.9 Å². The van der Waals surface area contributed by atoms with Crippen molar-refractivity contribution in [3.05, 3.63) is 70.8 Å². The van der Waals surface area contributed by atoms with Crippen molar-refractivity contribution < 1.29 is 18.0 Å². The molecule has 0 saturated heterocycles. The quantitative estimate of drug-likeness (QED) is 0.662. The van der Waals surface area contributed by atoms with Gasteiger partial charge in [-0.25, -0.2) is 0 Å². The number of anilines is 1. The predicted octanol–water partition coefficient (Wildman–Crippen LogP) is 4.56. The number of amides is 1. The highest BCUT2D eigenvalue weighted by Crippen LogP contribution is 2.30. The van der Waals surface area contributed by atoms with E-state index in [9.17, 15) is 18.0 Å². The summed E-state index contributed by atoms with van der Waals surface area (Å²) in [5.41, 5.74) is 0.506. The fourth-order valence-electron chi connectivity index (χ4n) is 1.96. The summed E-state index contributed by atoms with van der Waals surface area (Å²) in [6, 6.07) is 13.1. The molecule has 122 valence electrons. The van der Waals surface area contributed by atoms with Crippen molar-refractivity contribution in [1.29, 1.82) is 5.26 Å². The number of aryl methyl sites for hydroxylation is 1. The van der Waals surface area contributed by atoms with Gasteiger partial charge in [-0.3, -0.25) is 4.79 Å². The maximum Gasteiger partial charge on any atom is 0.416 e. The zero-order chi connectivity index (χ0) is 17.7. The molecule has 2 aromatic carbocycles. The van der Waals surface area contributed by atoms with Crippen LogP contribution in [0.3, 0.4) is 0 Å². The Hall–Kier alpha value is -3.07. The minimum Gasteiger partial charge on any atom is -0.321 e. The lowest BCUT2D eigenvalue weighted by Crippen LogP contribution is -2.13. The number of nitrogens with one attached hydrogen (secondary N) is 1. The SMILES string of the molecule is Cc1ccc(NC(=O)/C(C#N)=C\c2cccc(C(F)(F)F)c2)cc1. The molecule has 0 unspecified atom stereocenters. The number of halogens is 3. The van der Waals surface area contributed by atoms with E-state index in [2.05, 4.69) is 5.32 Å². The van der Waals surface area contributed by atoms with Crippen LogP contribution in [0.2, 0.25) is 0 Å². The molecule has 2 aromatic rings. The van der Waals surface area contributed by atoms with Gasteiger partial charge >= 0.3 is 6.18 Å². The van der Waals surface area contributed by atoms with Gasteiger partial charge in [0.15, 0.2) is 0 Å². The Labute approximate surface area is 137 Å². The molecule has 0 radical (unpaired) electrons. The summed E-state index contributed by atoms with van der Waals surface area (Å²) in [5, 5.41) is 11.6. The molecule has 0 bridgehead atoms. The number of rotatable bonds is 3. The highest BCUT2D eigenvalue weighted by molar-refractivity contribution is 6.09. The van der Waals surface area contributed by atoms with Gasteiger partial charge < -0.3 is 5.32 Å². The minimum absolute atomic E-state index is 0.125. The number of nitrogens with zero attached hydrogens (tertiary/aromatic N) is 1. The molecule has 0 spiro atoms. The molecule has 6 heteroatoms. The first kappa shape index (κ1) is 17.3. The lowest BCUT2D eigenvalue weighted by molar-refractivity contribution is -0.137. The van der Waals surface area contributed by atoms with E-state index in [1.165, 1.54) is 12.1 Å². The van der Waals surface area contributed by atoms with Crippen LogP contribution < -0.4 is 5.32 Å². The number of hydrogen-bond donors (Lipinski definition) is 1. The number of nitriles is 1. The highest BCUT2D eigenvalue weighted by atomic mass is 19.4. The molecule has 0 aliphatic carbocycles. The molecule has 1 N–H and O–H groups in total. The van der Waals surface area contributed by atoms with Crippen molar-refractivity contribution in [1.82, 2.24) is 0 Å². The van der Waals surface area contributed by atoms with Gasteiger partial charge in [0.05, 0.1) is 5.56 Å². The van der Waals surface area contributed by atoms with Gasteiger partial charge in [-0.15, -0.1) is 0 Å². The molecular weight excluding hydrogens is 317 g/mol. The molecule has 0 saturated carbocycles. The summed E-state index contributed by atoms with van der Waals surface area (Å²) in [6.45, 7) is 1.89. The minimum atomic E-state index is -4.49. The Kier molecular flexibility index (Phi) is 5.05. The largest absolute Gasteiger partial charge is 0.416 e. The van der Waals surface area contributed by atoms with Gasteiger partial charge in [0.1, 0.15) is 11.6 Å². The molecular formula is C18H13F3N2O. The molecule has 0 aromatic heterocycles. The van der Waals surface area contributed by atoms with E-state index in [-0.39, 0.29) is 11.1 Å². The van der Waals surface area contributed by atoms with E-state index in [4.69, 9.17) is 5.26 Å². The van der Waals surface area contributed by atoms with Crippen molar-refractivity contribution in [3.63, 3.8) is 0 Å². The fraction of sp³-hybridized carbons (Fsp3) is 0.111. The summed E-state index contributed by atoms with van der Waals surface area (Å²) >= 11 is 0. The Morgan fingerprint density at radius 2 is 1.83 bits per heavy atom. The molecule has 0 fully saturated rings. The van der Waals surface area contributed by atoms with Gasteiger partial charge in [-0.1, -0.05) is 29.8 Å². The topological polar surface area (TPSA) is 52.9 Å². The molecule has 0 heterocycles. The molecule has 2 rings (SSSR count). The van der Waals surface area contributed by atoms with E-state index < -0.39 is 17.6 Å². The number of hydrogen-bond acceptors (Lipinski definition) is 2. The second kappa shape index (κ2) is 7.01. The third-order valence-electron chi connectivity index (χ3n) is 3.20. The van der Waals surface area contributed by atoms with Crippen molar-refractivity contribution >= 4 is 17.7 Å². The van der Waals surface area contributed by atoms with Crippen LogP contribution in [0, 0.1) is 18.3 Å². The predicted molar refractivity (Wildman–Crippen MR) is 84.8 cm³/mol. The Morgan fingerprint density at radius 1 is 1.17 bits per heavy atom. The molecule has 1 amide bonds. The molecule has 3 nitrogen and oxygen atoms in total. The van der Waals surface area contributed by atoms with Crippen LogP contribution in [0.5, 0.6) is 0 Å². The van der Waals surface area contributed by atoms with Gasteiger partial charge in [-0.05, 0) is 42.8 Å². The van der Waals surface area contributed by atoms with Crippen LogP contribution in [-0.2, 0) is 11.0 Å². The zero-order valence-corrected chi connectivity index (χ0v) is 12.7. The first-order valence-corrected chi connectivity index (χ1v) is 6.96. The molecule has 0 aliphatic rings. The maximum absolute atomic E-state index is 12.7. The summed E-state index contributed by atoms with van der Waals surface area (Å²) < 4.78 is 38.1. The van der Waals surface area contributed by atoms with E-state index >= 15 is 0 Å². The van der Waals surface area contributed by atoms with E-state index in [1.54, 1.807) is 30.3 Å². The third kappa shape index (κ3) is 4.46. The van der Waals surface area contributed by atoms with Gasteiger partial charge in [0, 0.05) is 5.69 Å². The average Bonchev–Trinajstić information content (AvgIpc) is 2.54. The summed E-state index contributed by atoms with van der Waals surface area (Å²) in [5.74, 6) is -0.682. The summed E-state index contributed by atoms with van der Waals surface area (Å²) in [7, 11) is 0. The van der Waals surface area contributed by atoms with E-state index in [1.807, 2.05) is 6.92 Å². The second-order valence-electron chi connectivity index (χ2n) is 5.11. The number of carbonyl (C=O) groups is 1. The van der Waals surface area contributed by atoms with Gasteiger partial charge in [0.25, 0.3) is 5.91 Å². The van der Waals surface area contributed by atoms with Crippen molar-refractivity contribution in [2.45, 2.75) is 13.1 Å². The summed E-state index contributed by atoms with van der Waals surface area (Å²) in [4.78, 5) is 12.1. The van der Waals surface area contributed by atoms with Crippen LogP contribution >= 0.6 is 0 Å². The Balaban J connectivity index is 2.24. The average molecular weight is 330 g/mol. The standard InChI is InChI=1S/C18H13F3N2O/c1-12-5-7-16(8-6-12)23-17(24)14(11-22)9-13-3-2-4-15(10-13)18(19,20)21/h2-10H,1H3,(H,23,24)/b14-9-. The smallest absolute Gasteiger partial charge is 0.321 e. The first-order valence-electron chi connectivity index (χ1n) is 6.96. The van der Waals surface area contributed by atoms with Crippen LogP contribution in [-0.4, -0.2) is 5.91 Å². The Morgan fingerprint density at radius 3 is 2.42 bits per heavy atom. The lowest BCUT2D eigenvalue weighted by atomic mass is 10.1. The maximum atomic E-state index is 12.7. The molecule has 0 aliphatic heterocycles. The van der Waals surface area contributed by atoms with Crippen molar-refractivity contribution in [3.8, 4) is 6.07 Å². The zero-order valence-electron chi connectivity index (χ0n) is 12.7. The van der Waals surface area contributed by atoms with E-state index in [0.717, 1.165) is 23.8 Å². The lowest BCUT2D eigenvalue weighted by Gasteiger charge is -2.07. The number of carbonyl (C=O) groups excluding carboxylic acids is 1.